The van der Waals surface area contributed by atoms with Crippen LogP contribution in [0.5, 0.6) is 0 Å². The quantitative estimate of drug-likeness (QED) is 0.752. The van der Waals surface area contributed by atoms with Crippen LogP contribution in [0, 0.1) is 13.8 Å². The second-order valence-electron chi connectivity index (χ2n) is 5.64. The van der Waals surface area contributed by atoms with E-state index in [-0.39, 0.29) is 24.5 Å². The molecule has 1 aromatic carbocycles. The SMILES string of the molecule is CCC(CO)NC(=O)c1ccc(NC(=O)c2cc(C)c(C)s2)cc1. The second-order valence-corrected chi connectivity index (χ2v) is 6.90. The molecule has 0 aliphatic carbocycles. The number of aliphatic hydroxyl groups excluding tert-OH is 1. The first-order valence-corrected chi connectivity index (χ1v) is 8.66. The van der Waals surface area contributed by atoms with E-state index in [1.165, 1.54) is 11.3 Å². The number of hydrogen-bond donors (Lipinski definition) is 3. The van der Waals surface area contributed by atoms with E-state index >= 15 is 0 Å². The van der Waals surface area contributed by atoms with Crippen LogP contribution in [0.3, 0.4) is 0 Å². The first-order chi connectivity index (χ1) is 11.4. The highest BCUT2D eigenvalue weighted by atomic mass is 32.1. The minimum absolute atomic E-state index is 0.0873. The van der Waals surface area contributed by atoms with Gasteiger partial charge in [-0.3, -0.25) is 9.59 Å². The Balaban J connectivity index is 2.01. The first-order valence-electron chi connectivity index (χ1n) is 7.84. The van der Waals surface area contributed by atoms with Crippen molar-refractivity contribution < 1.29 is 14.7 Å². The molecule has 128 valence electrons. The van der Waals surface area contributed by atoms with Gasteiger partial charge in [-0.25, -0.2) is 0 Å². The van der Waals surface area contributed by atoms with Crippen LogP contribution in [-0.2, 0) is 0 Å². The standard InChI is InChI=1S/C18H22N2O3S/c1-4-14(10-21)19-17(22)13-5-7-15(8-6-13)20-18(23)16-9-11(2)12(3)24-16/h5-9,14,21H,4,10H2,1-3H3,(H,19,22)(H,20,23). The van der Waals surface area contributed by atoms with Crippen LogP contribution < -0.4 is 10.6 Å². The molecule has 1 atom stereocenters. The van der Waals surface area contributed by atoms with Gasteiger partial charge in [0.05, 0.1) is 17.5 Å². The Morgan fingerprint density at radius 3 is 2.33 bits per heavy atom. The molecule has 0 radical (unpaired) electrons. The lowest BCUT2D eigenvalue weighted by Gasteiger charge is -2.14. The average Bonchev–Trinajstić information content (AvgIpc) is 2.92. The Bertz CT molecular complexity index is 699. The highest BCUT2D eigenvalue weighted by Crippen LogP contribution is 2.22. The summed E-state index contributed by atoms with van der Waals surface area (Å²) >= 11 is 1.46. The number of thiophene rings is 1. The third kappa shape index (κ3) is 4.43. The number of hydrogen-bond acceptors (Lipinski definition) is 4. The maximum atomic E-state index is 12.2. The van der Waals surface area contributed by atoms with E-state index in [0.717, 1.165) is 10.4 Å². The molecule has 0 fully saturated rings. The van der Waals surface area contributed by atoms with Crippen molar-refractivity contribution in [2.24, 2.45) is 0 Å². The Morgan fingerprint density at radius 2 is 1.83 bits per heavy atom. The average molecular weight is 346 g/mol. The van der Waals surface area contributed by atoms with Gasteiger partial charge in [0.1, 0.15) is 0 Å². The fraction of sp³-hybridized carbons (Fsp3) is 0.333. The molecule has 0 aliphatic heterocycles. The largest absolute Gasteiger partial charge is 0.394 e. The minimum Gasteiger partial charge on any atom is -0.394 e. The van der Waals surface area contributed by atoms with E-state index in [1.807, 2.05) is 26.8 Å². The maximum absolute atomic E-state index is 12.2. The molecule has 24 heavy (non-hydrogen) atoms. The molecule has 0 saturated heterocycles. The van der Waals surface area contributed by atoms with E-state index < -0.39 is 0 Å². The van der Waals surface area contributed by atoms with Crippen LogP contribution in [0.25, 0.3) is 0 Å². The van der Waals surface area contributed by atoms with Crippen LogP contribution >= 0.6 is 11.3 Å². The summed E-state index contributed by atoms with van der Waals surface area (Å²) in [7, 11) is 0. The summed E-state index contributed by atoms with van der Waals surface area (Å²) in [6.07, 6.45) is 0.663. The fourth-order valence-corrected chi connectivity index (χ4v) is 3.06. The predicted molar refractivity (Wildman–Crippen MR) is 96.8 cm³/mol. The van der Waals surface area contributed by atoms with E-state index in [0.29, 0.717) is 22.5 Å². The van der Waals surface area contributed by atoms with Gasteiger partial charge in [0.2, 0.25) is 0 Å². The molecule has 1 heterocycles. The zero-order valence-electron chi connectivity index (χ0n) is 14.1. The summed E-state index contributed by atoms with van der Waals surface area (Å²) in [4.78, 5) is 26.1. The summed E-state index contributed by atoms with van der Waals surface area (Å²) in [5.41, 5.74) is 2.23. The summed E-state index contributed by atoms with van der Waals surface area (Å²) in [6, 6.07) is 8.32. The number of carbonyl (C=O) groups excluding carboxylic acids is 2. The Labute approximate surface area is 145 Å². The predicted octanol–water partition coefficient (Wildman–Crippen LogP) is 3.12. The molecule has 0 bridgehead atoms. The number of rotatable bonds is 6. The molecule has 2 amide bonds. The van der Waals surface area contributed by atoms with Crippen LogP contribution in [0.1, 0.15) is 43.8 Å². The lowest BCUT2D eigenvalue weighted by atomic mass is 10.1. The van der Waals surface area contributed by atoms with Gasteiger partial charge in [-0.2, -0.15) is 0 Å². The zero-order valence-corrected chi connectivity index (χ0v) is 14.9. The van der Waals surface area contributed by atoms with E-state index in [1.54, 1.807) is 24.3 Å². The number of anilines is 1. The summed E-state index contributed by atoms with van der Waals surface area (Å²) < 4.78 is 0. The highest BCUT2D eigenvalue weighted by Gasteiger charge is 2.13. The number of aryl methyl sites for hydroxylation is 2. The van der Waals surface area contributed by atoms with Gasteiger partial charge >= 0.3 is 0 Å². The monoisotopic (exact) mass is 346 g/mol. The van der Waals surface area contributed by atoms with Crippen molar-refractivity contribution in [3.05, 3.63) is 51.2 Å². The smallest absolute Gasteiger partial charge is 0.265 e. The van der Waals surface area contributed by atoms with E-state index in [9.17, 15) is 9.59 Å². The van der Waals surface area contributed by atoms with Crippen molar-refractivity contribution in [1.82, 2.24) is 5.32 Å². The number of amides is 2. The molecule has 0 saturated carbocycles. The van der Waals surface area contributed by atoms with Crippen molar-refractivity contribution in [2.45, 2.75) is 33.2 Å². The molecule has 2 aromatic rings. The summed E-state index contributed by atoms with van der Waals surface area (Å²) in [6.45, 7) is 5.77. The molecule has 1 unspecified atom stereocenters. The van der Waals surface area contributed by atoms with Gasteiger partial charge in [-0.15, -0.1) is 11.3 Å². The molecule has 5 nitrogen and oxygen atoms in total. The molecular weight excluding hydrogens is 324 g/mol. The maximum Gasteiger partial charge on any atom is 0.265 e. The van der Waals surface area contributed by atoms with Gasteiger partial charge < -0.3 is 15.7 Å². The number of aliphatic hydroxyl groups is 1. The first kappa shape index (κ1) is 18.2. The minimum atomic E-state index is -0.248. The molecule has 6 heteroatoms. The van der Waals surface area contributed by atoms with Crippen LogP contribution in [0.2, 0.25) is 0 Å². The molecule has 1 aromatic heterocycles. The Hall–Kier alpha value is -2.18. The third-order valence-electron chi connectivity index (χ3n) is 3.84. The Morgan fingerprint density at radius 1 is 1.17 bits per heavy atom. The summed E-state index contributed by atoms with van der Waals surface area (Å²) in [5, 5.41) is 14.7. The molecule has 3 N–H and O–H groups in total. The second kappa shape index (κ2) is 8.08. The lowest BCUT2D eigenvalue weighted by Crippen LogP contribution is -2.36. The van der Waals surface area contributed by atoms with Crippen molar-refractivity contribution in [2.75, 3.05) is 11.9 Å². The van der Waals surface area contributed by atoms with E-state index in [2.05, 4.69) is 10.6 Å². The van der Waals surface area contributed by atoms with Crippen LogP contribution in [0.4, 0.5) is 5.69 Å². The van der Waals surface area contributed by atoms with Crippen molar-refractivity contribution in [3.8, 4) is 0 Å². The molecular formula is C18H22N2O3S. The third-order valence-corrected chi connectivity index (χ3v) is 4.99. The van der Waals surface area contributed by atoms with Gasteiger partial charge in [0.25, 0.3) is 11.8 Å². The van der Waals surface area contributed by atoms with Crippen molar-refractivity contribution >= 4 is 28.8 Å². The van der Waals surface area contributed by atoms with Crippen molar-refractivity contribution in [1.29, 1.82) is 0 Å². The van der Waals surface area contributed by atoms with Crippen LogP contribution in [-0.4, -0.2) is 29.6 Å². The van der Waals surface area contributed by atoms with Crippen LogP contribution in [0.15, 0.2) is 30.3 Å². The van der Waals surface area contributed by atoms with Gasteiger partial charge in [0.15, 0.2) is 0 Å². The van der Waals surface area contributed by atoms with Gasteiger partial charge in [-0.05, 0) is 56.2 Å². The Kier molecular flexibility index (Phi) is 6.11. The normalized spacial score (nSPS) is 11.8. The van der Waals surface area contributed by atoms with Crippen molar-refractivity contribution in [3.63, 3.8) is 0 Å². The molecule has 0 spiro atoms. The number of benzene rings is 1. The zero-order chi connectivity index (χ0) is 17.7. The fourth-order valence-electron chi connectivity index (χ4n) is 2.13. The molecule has 2 rings (SSSR count). The highest BCUT2D eigenvalue weighted by molar-refractivity contribution is 7.14. The topological polar surface area (TPSA) is 78.4 Å². The number of carbonyl (C=O) groups is 2. The van der Waals surface area contributed by atoms with E-state index in [4.69, 9.17) is 5.11 Å². The lowest BCUT2D eigenvalue weighted by molar-refractivity contribution is 0.0914. The summed E-state index contributed by atoms with van der Waals surface area (Å²) in [5.74, 6) is -0.391. The van der Waals surface area contributed by atoms with Gasteiger partial charge in [0, 0.05) is 16.1 Å². The van der Waals surface area contributed by atoms with Gasteiger partial charge in [-0.1, -0.05) is 6.92 Å². The molecule has 0 aliphatic rings. The number of nitrogens with one attached hydrogen (secondary N) is 2.